The summed E-state index contributed by atoms with van der Waals surface area (Å²) in [7, 11) is 0. The van der Waals surface area contributed by atoms with Gasteiger partial charge in [0.15, 0.2) is 0 Å². The Morgan fingerprint density at radius 3 is 3.00 bits per heavy atom. The molecule has 0 aromatic heterocycles. The van der Waals surface area contributed by atoms with Crippen LogP contribution in [0, 0.1) is 6.92 Å². The van der Waals surface area contributed by atoms with Crippen molar-refractivity contribution in [3.63, 3.8) is 0 Å². The number of hydrogen-bond acceptors (Lipinski definition) is 3. The molecule has 17 heavy (non-hydrogen) atoms. The quantitative estimate of drug-likeness (QED) is 0.900. The van der Waals surface area contributed by atoms with Crippen LogP contribution >= 0.6 is 11.6 Å². The summed E-state index contributed by atoms with van der Waals surface area (Å²) in [6.45, 7) is 6.23. The molecule has 2 rings (SSSR count). The van der Waals surface area contributed by atoms with Gasteiger partial charge < -0.3 is 14.8 Å². The Labute approximate surface area is 107 Å². The van der Waals surface area contributed by atoms with E-state index < -0.39 is 0 Å². The van der Waals surface area contributed by atoms with E-state index in [4.69, 9.17) is 21.1 Å². The standard InChI is InChI=1S/C13H18ClNO2/c1-9-5-11(3-4-13(9)14)17-8-12-6-15-10(2)7-16-12/h3-5,10,12,15H,6-8H2,1-2H3. The highest BCUT2D eigenvalue weighted by molar-refractivity contribution is 6.31. The van der Waals surface area contributed by atoms with Gasteiger partial charge in [0.2, 0.25) is 0 Å². The number of nitrogens with one attached hydrogen (secondary N) is 1. The van der Waals surface area contributed by atoms with Crippen LogP contribution in [0.2, 0.25) is 5.02 Å². The summed E-state index contributed by atoms with van der Waals surface area (Å²) in [5.41, 5.74) is 1.03. The number of halogens is 1. The molecule has 1 fully saturated rings. The molecule has 3 nitrogen and oxygen atoms in total. The Kier molecular flexibility index (Phi) is 4.26. The predicted molar refractivity (Wildman–Crippen MR) is 68.9 cm³/mol. The topological polar surface area (TPSA) is 30.5 Å². The van der Waals surface area contributed by atoms with Crippen molar-refractivity contribution in [3.8, 4) is 5.75 Å². The molecule has 1 heterocycles. The van der Waals surface area contributed by atoms with Gasteiger partial charge in [-0.3, -0.25) is 0 Å². The van der Waals surface area contributed by atoms with E-state index in [1.54, 1.807) is 0 Å². The third kappa shape index (κ3) is 3.60. The van der Waals surface area contributed by atoms with Gasteiger partial charge in [-0.15, -0.1) is 0 Å². The first-order valence-electron chi connectivity index (χ1n) is 5.89. The van der Waals surface area contributed by atoms with Gasteiger partial charge in [-0.05, 0) is 37.6 Å². The second-order valence-electron chi connectivity index (χ2n) is 4.49. The number of hydrogen-bond donors (Lipinski definition) is 1. The number of aryl methyl sites for hydroxylation is 1. The van der Waals surface area contributed by atoms with E-state index in [1.807, 2.05) is 25.1 Å². The summed E-state index contributed by atoms with van der Waals surface area (Å²) < 4.78 is 11.3. The van der Waals surface area contributed by atoms with Crippen molar-refractivity contribution < 1.29 is 9.47 Å². The zero-order chi connectivity index (χ0) is 12.3. The summed E-state index contributed by atoms with van der Waals surface area (Å²) in [5, 5.41) is 4.13. The number of benzene rings is 1. The van der Waals surface area contributed by atoms with Crippen LogP contribution in [0.3, 0.4) is 0 Å². The second kappa shape index (κ2) is 5.71. The van der Waals surface area contributed by atoms with Crippen molar-refractivity contribution in [2.75, 3.05) is 19.8 Å². The molecule has 2 unspecified atom stereocenters. The van der Waals surface area contributed by atoms with Gasteiger partial charge in [-0.2, -0.15) is 0 Å². The molecule has 94 valence electrons. The van der Waals surface area contributed by atoms with E-state index >= 15 is 0 Å². The van der Waals surface area contributed by atoms with Crippen LogP contribution in [-0.4, -0.2) is 31.9 Å². The first kappa shape index (κ1) is 12.7. The van der Waals surface area contributed by atoms with E-state index in [2.05, 4.69) is 12.2 Å². The predicted octanol–water partition coefficient (Wildman–Crippen LogP) is 2.40. The van der Waals surface area contributed by atoms with Gasteiger partial charge in [0.25, 0.3) is 0 Å². The minimum Gasteiger partial charge on any atom is -0.491 e. The minimum absolute atomic E-state index is 0.127. The third-order valence-electron chi connectivity index (χ3n) is 2.84. The van der Waals surface area contributed by atoms with Crippen LogP contribution in [-0.2, 0) is 4.74 Å². The average Bonchev–Trinajstić information content (AvgIpc) is 2.33. The van der Waals surface area contributed by atoms with Gasteiger partial charge in [0, 0.05) is 17.6 Å². The van der Waals surface area contributed by atoms with Crippen LogP contribution in [0.15, 0.2) is 18.2 Å². The molecule has 0 bridgehead atoms. The largest absolute Gasteiger partial charge is 0.491 e. The Balaban J connectivity index is 1.83. The summed E-state index contributed by atoms with van der Waals surface area (Å²) in [6.07, 6.45) is 0.127. The minimum atomic E-state index is 0.127. The molecule has 0 aliphatic carbocycles. The highest BCUT2D eigenvalue weighted by Gasteiger charge is 2.18. The highest BCUT2D eigenvalue weighted by atomic mass is 35.5. The maximum atomic E-state index is 5.96. The van der Waals surface area contributed by atoms with E-state index in [-0.39, 0.29) is 6.10 Å². The smallest absolute Gasteiger partial charge is 0.119 e. The van der Waals surface area contributed by atoms with Crippen LogP contribution in [0.5, 0.6) is 5.75 Å². The second-order valence-corrected chi connectivity index (χ2v) is 4.89. The molecule has 0 spiro atoms. The Morgan fingerprint density at radius 2 is 2.35 bits per heavy atom. The molecule has 4 heteroatoms. The SMILES string of the molecule is Cc1cc(OCC2CNC(C)CO2)ccc1Cl. The lowest BCUT2D eigenvalue weighted by Gasteiger charge is -2.28. The van der Waals surface area contributed by atoms with Crippen molar-refractivity contribution in [2.24, 2.45) is 0 Å². The van der Waals surface area contributed by atoms with Crippen molar-refractivity contribution in [3.05, 3.63) is 28.8 Å². The van der Waals surface area contributed by atoms with Crippen molar-refractivity contribution >= 4 is 11.6 Å². The van der Waals surface area contributed by atoms with Crippen LogP contribution < -0.4 is 10.1 Å². The average molecular weight is 256 g/mol. The number of morpholine rings is 1. The maximum Gasteiger partial charge on any atom is 0.119 e. The lowest BCUT2D eigenvalue weighted by atomic mass is 10.2. The molecule has 0 amide bonds. The Morgan fingerprint density at radius 1 is 1.53 bits per heavy atom. The molecule has 1 aliphatic heterocycles. The van der Waals surface area contributed by atoms with E-state index in [1.165, 1.54) is 0 Å². The molecular formula is C13H18ClNO2. The van der Waals surface area contributed by atoms with Gasteiger partial charge >= 0.3 is 0 Å². The van der Waals surface area contributed by atoms with Gasteiger partial charge in [-0.25, -0.2) is 0 Å². The Hall–Kier alpha value is -0.770. The Bertz CT molecular complexity index is 376. The first-order valence-corrected chi connectivity index (χ1v) is 6.27. The van der Waals surface area contributed by atoms with E-state index in [0.717, 1.165) is 29.5 Å². The highest BCUT2D eigenvalue weighted by Crippen LogP contribution is 2.21. The fourth-order valence-corrected chi connectivity index (χ4v) is 1.85. The zero-order valence-electron chi connectivity index (χ0n) is 10.2. The van der Waals surface area contributed by atoms with Gasteiger partial charge in [-0.1, -0.05) is 11.6 Å². The zero-order valence-corrected chi connectivity index (χ0v) is 11.0. The number of rotatable bonds is 3. The summed E-state index contributed by atoms with van der Waals surface area (Å²) in [6, 6.07) is 6.12. The van der Waals surface area contributed by atoms with Crippen LogP contribution in [0.1, 0.15) is 12.5 Å². The lowest BCUT2D eigenvalue weighted by Crippen LogP contribution is -2.46. The summed E-state index contributed by atoms with van der Waals surface area (Å²) >= 11 is 5.96. The molecule has 1 aromatic rings. The molecular weight excluding hydrogens is 238 g/mol. The van der Waals surface area contributed by atoms with E-state index in [0.29, 0.717) is 12.6 Å². The molecule has 1 N–H and O–H groups in total. The maximum absolute atomic E-state index is 5.96. The van der Waals surface area contributed by atoms with Gasteiger partial charge in [0.1, 0.15) is 18.5 Å². The molecule has 0 saturated carbocycles. The third-order valence-corrected chi connectivity index (χ3v) is 3.27. The molecule has 2 atom stereocenters. The molecule has 1 aliphatic rings. The first-order chi connectivity index (χ1) is 8.15. The van der Waals surface area contributed by atoms with Crippen molar-refractivity contribution in [2.45, 2.75) is 26.0 Å². The van der Waals surface area contributed by atoms with Crippen LogP contribution in [0.4, 0.5) is 0 Å². The van der Waals surface area contributed by atoms with Gasteiger partial charge in [0.05, 0.1) is 6.61 Å². The molecule has 1 aromatic carbocycles. The lowest BCUT2D eigenvalue weighted by molar-refractivity contribution is -0.0165. The van der Waals surface area contributed by atoms with Crippen molar-refractivity contribution in [1.29, 1.82) is 0 Å². The van der Waals surface area contributed by atoms with Crippen molar-refractivity contribution in [1.82, 2.24) is 5.32 Å². The number of ether oxygens (including phenoxy) is 2. The summed E-state index contributed by atoms with van der Waals surface area (Å²) in [5.74, 6) is 0.842. The van der Waals surface area contributed by atoms with Crippen LogP contribution in [0.25, 0.3) is 0 Å². The normalized spacial score (nSPS) is 24.6. The fraction of sp³-hybridized carbons (Fsp3) is 0.538. The molecule has 0 radical (unpaired) electrons. The fourth-order valence-electron chi connectivity index (χ4n) is 1.73. The van der Waals surface area contributed by atoms with E-state index in [9.17, 15) is 0 Å². The summed E-state index contributed by atoms with van der Waals surface area (Å²) in [4.78, 5) is 0. The monoisotopic (exact) mass is 255 g/mol. The molecule has 1 saturated heterocycles.